The molecule has 0 aliphatic carbocycles. The summed E-state index contributed by atoms with van der Waals surface area (Å²) in [5.41, 5.74) is 7.30. The molecule has 21 heavy (non-hydrogen) atoms. The molecule has 1 heterocycles. The van der Waals surface area contributed by atoms with E-state index >= 15 is 0 Å². The Hall–Kier alpha value is -2.34. The van der Waals surface area contributed by atoms with Crippen LogP contribution in [0.1, 0.15) is 16.1 Å². The number of aromatic nitrogens is 2. The maximum absolute atomic E-state index is 12.7. The first kappa shape index (κ1) is 15.1. The lowest BCUT2D eigenvalue weighted by molar-refractivity contribution is 0.102. The van der Waals surface area contributed by atoms with E-state index in [0.717, 1.165) is 6.54 Å². The number of methoxy groups -OCH3 is 1. The molecular formula is C15H20N4O2. The lowest BCUT2D eigenvalue weighted by atomic mass is 10.1. The van der Waals surface area contributed by atoms with E-state index < -0.39 is 0 Å². The largest absolute Gasteiger partial charge is 0.493 e. The summed E-state index contributed by atoms with van der Waals surface area (Å²) in [5.74, 6) is 0.360. The number of ether oxygens (including phenoxy) is 1. The predicted molar refractivity (Wildman–Crippen MR) is 81.6 cm³/mol. The highest BCUT2D eigenvalue weighted by atomic mass is 16.5. The zero-order chi connectivity index (χ0) is 15.4. The third-order valence-corrected chi connectivity index (χ3v) is 3.17. The zero-order valence-corrected chi connectivity index (χ0v) is 12.5. The van der Waals surface area contributed by atoms with Gasteiger partial charge in [-0.15, -0.1) is 0 Å². The van der Waals surface area contributed by atoms with Gasteiger partial charge in [0.1, 0.15) is 0 Å². The summed E-state index contributed by atoms with van der Waals surface area (Å²) in [6.07, 6.45) is 1.57. The number of rotatable bonds is 6. The SMILES string of the molecule is COc1cnn(CCN(C)C)c1C(=O)c1ccc(N)cc1. The second-order valence-electron chi connectivity index (χ2n) is 5.04. The highest BCUT2D eigenvalue weighted by Gasteiger charge is 2.20. The van der Waals surface area contributed by atoms with Gasteiger partial charge in [0, 0.05) is 17.8 Å². The van der Waals surface area contributed by atoms with Crippen LogP contribution in [-0.4, -0.2) is 48.2 Å². The minimum absolute atomic E-state index is 0.122. The number of nitrogens with two attached hydrogens (primary N) is 1. The molecule has 1 aromatic heterocycles. The number of carbonyl (C=O) groups is 1. The predicted octanol–water partition coefficient (Wildman–Crippen LogP) is 1.27. The fraction of sp³-hybridized carbons (Fsp3) is 0.333. The van der Waals surface area contributed by atoms with Crippen LogP contribution in [0.25, 0.3) is 0 Å². The van der Waals surface area contributed by atoms with Crippen molar-refractivity contribution >= 4 is 11.5 Å². The number of anilines is 1. The number of likely N-dealkylation sites (N-methyl/N-ethyl adjacent to an activating group) is 1. The number of hydrogen-bond donors (Lipinski definition) is 1. The molecule has 0 atom stereocenters. The number of hydrogen-bond acceptors (Lipinski definition) is 5. The van der Waals surface area contributed by atoms with Gasteiger partial charge in [-0.25, -0.2) is 0 Å². The number of ketones is 1. The zero-order valence-electron chi connectivity index (χ0n) is 12.5. The lowest BCUT2D eigenvalue weighted by Gasteiger charge is -2.12. The second-order valence-corrected chi connectivity index (χ2v) is 5.04. The van der Waals surface area contributed by atoms with Crippen LogP contribution in [0, 0.1) is 0 Å². The van der Waals surface area contributed by atoms with Crippen LogP contribution in [0.4, 0.5) is 5.69 Å². The smallest absolute Gasteiger partial charge is 0.214 e. The van der Waals surface area contributed by atoms with E-state index in [-0.39, 0.29) is 5.78 Å². The van der Waals surface area contributed by atoms with Gasteiger partial charge in [-0.2, -0.15) is 5.10 Å². The Labute approximate surface area is 124 Å². The maximum atomic E-state index is 12.7. The Morgan fingerprint density at radius 1 is 1.33 bits per heavy atom. The number of benzene rings is 1. The van der Waals surface area contributed by atoms with E-state index in [0.29, 0.717) is 29.2 Å². The third kappa shape index (κ3) is 3.41. The van der Waals surface area contributed by atoms with Crippen LogP contribution in [0.15, 0.2) is 30.5 Å². The first-order valence-electron chi connectivity index (χ1n) is 6.67. The second kappa shape index (κ2) is 6.41. The molecule has 0 saturated carbocycles. The van der Waals surface area contributed by atoms with Crippen LogP contribution >= 0.6 is 0 Å². The van der Waals surface area contributed by atoms with E-state index in [1.807, 2.05) is 19.0 Å². The first-order valence-corrected chi connectivity index (χ1v) is 6.67. The first-order chi connectivity index (χ1) is 10.0. The minimum atomic E-state index is -0.122. The van der Waals surface area contributed by atoms with Crippen LogP contribution in [0.5, 0.6) is 5.75 Å². The Bertz CT molecular complexity index is 617. The minimum Gasteiger partial charge on any atom is -0.493 e. The third-order valence-electron chi connectivity index (χ3n) is 3.17. The Balaban J connectivity index is 2.34. The molecule has 0 saturated heterocycles. The van der Waals surface area contributed by atoms with E-state index in [4.69, 9.17) is 10.5 Å². The maximum Gasteiger partial charge on any atom is 0.214 e. The quantitative estimate of drug-likeness (QED) is 0.640. The van der Waals surface area contributed by atoms with Crippen LogP contribution < -0.4 is 10.5 Å². The molecule has 0 aliphatic rings. The molecule has 6 nitrogen and oxygen atoms in total. The summed E-state index contributed by atoms with van der Waals surface area (Å²) < 4.78 is 6.93. The highest BCUT2D eigenvalue weighted by Crippen LogP contribution is 2.21. The fourth-order valence-corrected chi connectivity index (χ4v) is 1.98. The van der Waals surface area contributed by atoms with Gasteiger partial charge in [0.15, 0.2) is 11.4 Å². The van der Waals surface area contributed by atoms with Gasteiger partial charge in [-0.1, -0.05) is 0 Å². The van der Waals surface area contributed by atoms with E-state index in [9.17, 15) is 4.79 Å². The fourth-order valence-electron chi connectivity index (χ4n) is 1.98. The van der Waals surface area contributed by atoms with Crippen molar-refractivity contribution in [2.24, 2.45) is 0 Å². The molecule has 112 valence electrons. The van der Waals surface area contributed by atoms with Gasteiger partial charge >= 0.3 is 0 Å². The van der Waals surface area contributed by atoms with E-state index in [2.05, 4.69) is 5.10 Å². The number of nitrogen functional groups attached to an aromatic ring is 1. The normalized spacial score (nSPS) is 10.9. The lowest BCUT2D eigenvalue weighted by Crippen LogP contribution is -2.22. The average Bonchev–Trinajstić information content (AvgIpc) is 2.88. The summed E-state index contributed by atoms with van der Waals surface area (Å²) in [5, 5.41) is 4.24. The average molecular weight is 288 g/mol. The summed E-state index contributed by atoms with van der Waals surface area (Å²) in [6.45, 7) is 1.40. The van der Waals surface area contributed by atoms with E-state index in [1.165, 1.54) is 7.11 Å². The Kier molecular flexibility index (Phi) is 4.59. The van der Waals surface area contributed by atoms with Crippen molar-refractivity contribution in [1.82, 2.24) is 14.7 Å². The van der Waals surface area contributed by atoms with Crippen LogP contribution in [0.2, 0.25) is 0 Å². The Morgan fingerprint density at radius 2 is 2.00 bits per heavy atom. The van der Waals surface area contributed by atoms with Gasteiger partial charge < -0.3 is 15.4 Å². The van der Waals surface area contributed by atoms with Crippen molar-refractivity contribution in [3.63, 3.8) is 0 Å². The topological polar surface area (TPSA) is 73.4 Å². The molecule has 0 fully saturated rings. The molecule has 0 radical (unpaired) electrons. The van der Waals surface area contributed by atoms with Gasteiger partial charge in [-0.05, 0) is 38.4 Å². The molecule has 2 aromatic rings. The number of nitrogens with zero attached hydrogens (tertiary/aromatic N) is 3. The van der Waals surface area contributed by atoms with Crippen molar-refractivity contribution < 1.29 is 9.53 Å². The van der Waals surface area contributed by atoms with Crippen molar-refractivity contribution in [3.05, 3.63) is 41.7 Å². The van der Waals surface area contributed by atoms with Crippen LogP contribution in [-0.2, 0) is 6.54 Å². The van der Waals surface area contributed by atoms with Crippen molar-refractivity contribution in [2.75, 3.05) is 33.5 Å². The molecule has 2 rings (SSSR count). The van der Waals surface area contributed by atoms with Crippen LogP contribution in [0.3, 0.4) is 0 Å². The standard InChI is InChI=1S/C15H20N4O2/c1-18(2)8-9-19-14(13(21-3)10-17-19)15(20)11-4-6-12(16)7-5-11/h4-7,10H,8-9,16H2,1-3H3. The van der Waals surface area contributed by atoms with Gasteiger partial charge in [0.25, 0.3) is 0 Å². The molecule has 6 heteroatoms. The summed E-state index contributed by atoms with van der Waals surface area (Å²) in [6, 6.07) is 6.83. The molecule has 2 N–H and O–H groups in total. The highest BCUT2D eigenvalue weighted by molar-refractivity contribution is 6.09. The molecule has 0 amide bonds. The molecule has 0 unspecified atom stereocenters. The Morgan fingerprint density at radius 3 is 2.57 bits per heavy atom. The molecular weight excluding hydrogens is 268 g/mol. The molecule has 0 bridgehead atoms. The summed E-state index contributed by atoms with van der Waals surface area (Å²) in [7, 11) is 5.48. The molecule has 1 aromatic carbocycles. The van der Waals surface area contributed by atoms with Crippen molar-refractivity contribution in [3.8, 4) is 5.75 Å². The summed E-state index contributed by atoms with van der Waals surface area (Å²) in [4.78, 5) is 14.7. The van der Waals surface area contributed by atoms with Gasteiger partial charge in [0.05, 0.1) is 19.9 Å². The number of carbonyl (C=O) groups excluding carboxylic acids is 1. The monoisotopic (exact) mass is 288 g/mol. The van der Waals surface area contributed by atoms with Gasteiger partial charge in [-0.3, -0.25) is 9.48 Å². The van der Waals surface area contributed by atoms with E-state index in [1.54, 1.807) is 35.1 Å². The molecule has 0 spiro atoms. The molecule has 0 aliphatic heterocycles. The van der Waals surface area contributed by atoms with Crippen molar-refractivity contribution in [1.29, 1.82) is 0 Å². The van der Waals surface area contributed by atoms with Gasteiger partial charge in [0.2, 0.25) is 5.78 Å². The summed E-state index contributed by atoms with van der Waals surface area (Å²) >= 11 is 0. The van der Waals surface area contributed by atoms with Crippen molar-refractivity contribution in [2.45, 2.75) is 6.54 Å².